The molecular formula is C50H54O7. The minimum Gasteiger partial charge on any atom is -0.494 e. The molecule has 0 bridgehead atoms. The third-order valence-electron chi connectivity index (χ3n) is 11.7. The molecule has 5 aromatic carbocycles. The number of rotatable bonds is 18. The Morgan fingerprint density at radius 3 is 2.12 bits per heavy atom. The first-order valence-corrected chi connectivity index (χ1v) is 20.8. The van der Waals surface area contributed by atoms with Gasteiger partial charge < -0.3 is 19.1 Å². The zero-order chi connectivity index (χ0) is 38.7. The van der Waals surface area contributed by atoms with Gasteiger partial charge in [-0.05, 0) is 121 Å². The Bertz CT molecular complexity index is 1990. The van der Waals surface area contributed by atoms with Gasteiger partial charge in [0.1, 0.15) is 30.1 Å². The Hall–Kier alpha value is -4.92. The van der Waals surface area contributed by atoms with E-state index in [0.29, 0.717) is 25.6 Å². The zero-order valence-corrected chi connectivity index (χ0v) is 32.8. The van der Waals surface area contributed by atoms with E-state index in [2.05, 4.69) is 91.5 Å². The summed E-state index contributed by atoms with van der Waals surface area (Å²) in [6, 6.07) is 42.0. The van der Waals surface area contributed by atoms with Crippen molar-refractivity contribution in [3.8, 4) is 17.2 Å². The maximum atomic E-state index is 7.44. The van der Waals surface area contributed by atoms with Crippen molar-refractivity contribution >= 4 is 0 Å². The van der Waals surface area contributed by atoms with Crippen molar-refractivity contribution in [1.82, 2.24) is 0 Å². The summed E-state index contributed by atoms with van der Waals surface area (Å²) in [5.41, 5.74) is 8.11. The molecule has 0 spiro atoms. The van der Waals surface area contributed by atoms with Crippen LogP contribution in [0.3, 0.4) is 0 Å². The Balaban J connectivity index is 1.04. The van der Waals surface area contributed by atoms with Crippen molar-refractivity contribution in [2.24, 2.45) is 0 Å². The first-order valence-electron chi connectivity index (χ1n) is 20.8. The molecule has 8 rings (SSSR count). The average Bonchev–Trinajstić information content (AvgIpc) is 3.45. The van der Waals surface area contributed by atoms with Crippen LogP contribution in [0.1, 0.15) is 89.8 Å². The third-order valence-corrected chi connectivity index (χ3v) is 11.7. The highest BCUT2D eigenvalue weighted by atomic mass is 17.2. The number of hydrogen-bond acceptors (Lipinski definition) is 7. The molecule has 5 aromatic rings. The van der Waals surface area contributed by atoms with E-state index in [9.17, 15) is 0 Å². The highest BCUT2D eigenvalue weighted by molar-refractivity contribution is 5.55. The molecule has 0 fully saturated rings. The number of hydrogen-bond donors (Lipinski definition) is 0. The van der Waals surface area contributed by atoms with Gasteiger partial charge in [0.15, 0.2) is 5.75 Å². The van der Waals surface area contributed by atoms with Crippen molar-refractivity contribution in [1.29, 1.82) is 0 Å². The molecule has 3 atom stereocenters. The number of unbranched alkanes of at least 4 members (excludes halogenated alkanes) is 3. The molecule has 3 aliphatic rings. The normalized spacial score (nSPS) is 18.5. The number of fused-ring (bicyclic) bond motifs is 7. The van der Waals surface area contributed by atoms with E-state index in [1.54, 1.807) is 6.08 Å². The van der Waals surface area contributed by atoms with E-state index < -0.39 is 11.7 Å². The second-order valence-electron chi connectivity index (χ2n) is 15.3. The monoisotopic (exact) mass is 766 g/mol. The van der Waals surface area contributed by atoms with Gasteiger partial charge >= 0.3 is 0 Å². The van der Waals surface area contributed by atoms with Crippen molar-refractivity contribution in [2.45, 2.75) is 87.9 Å². The van der Waals surface area contributed by atoms with E-state index in [0.717, 1.165) is 74.0 Å². The van der Waals surface area contributed by atoms with Crippen LogP contribution in [-0.2, 0) is 44.1 Å². The fourth-order valence-electron chi connectivity index (χ4n) is 8.90. The summed E-state index contributed by atoms with van der Waals surface area (Å²) in [7, 11) is 0. The Morgan fingerprint density at radius 2 is 1.35 bits per heavy atom. The summed E-state index contributed by atoms with van der Waals surface area (Å²) in [6.45, 7) is 5.38. The van der Waals surface area contributed by atoms with Crippen LogP contribution in [0.4, 0.5) is 0 Å². The molecule has 7 nitrogen and oxygen atoms in total. The minimum atomic E-state index is -0.894. The first kappa shape index (κ1) is 38.9. The highest BCUT2D eigenvalue weighted by Gasteiger charge is 2.51. The van der Waals surface area contributed by atoms with Crippen LogP contribution in [0.2, 0.25) is 0 Å². The summed E-state index contributed by atoms with van der Waals surface area (Å²) in [6.07, 6.45) is 11.3. The smallest absolute Gasteiger partial charge is 0.216 e. The molecule has 0 aromatic heterocycles. The molecular weight excluding hydrogens is 713 g/mol. The molecule has 0 radical (unpaired) electrons. The van der Waals surface area contributed by atoms with Crippen LogP contribution in [0.25, 0.3) is 0 Å². The second kappa shape index (κ2) is 19.0. The van der Waals surface area contributed by atoms with Gasteiger partial charge in [-0.2, -0.15) is 4.89 Å². The summed E-state index contributed by atoms with van der Waals surface area (Å²) in [5, 5.41) is 0. The lowest BCUT2D eigenvalue weighted by molar-refractivity contribution is -0.286. The molecule has 0 N–H and O–H groups in total. The first-order chi connectivity index (χ1) is 28.2. The predicted molar refractivity (Wildman–Crippen MR) is 222 cm³/mol. The quantitative estimate of drug-likeness (QED) is 0.0381. The number of ether oxygens (including phenoxy) is 3. The molecule has 0 amide bonds. The van der Waals surface area contributed by atoms with E-state index in [4.69, 9.17) is 33.8 Å². The van der Waals surface area contributed by atoms with Crippen LogP contribution < -0.4 is 14.4 Å². The maximum Gasteiger partial charge on any atom is 0.216 e. The van der Waals surface area contributed by atoms with Gasteiger partial charge in [-0.15, -0.1) is 6.58 Å². The molecule has 57 heavy (non-hydrogen) atoms. The van der Waals surface area contributed by atoms with Crippen molar-refractivity contribution < 1.29 is 33.8 Å². The fraction of sp³-hybridized carbons (Fsp3) is 0.360. The van der Waals surface area contributed by atoms with Crippen LogP contribution in [0.15, 0.2) is 134 Å². The van der Waals surface area contributed by atoms with Gasteiger partial charge in [0.2, 0.25) is 6.29 Å². The lowest BCUT2D eigenvalue weighted by Crippen LogP contribution is -2.51. The van der Waals surface area contributed by atoms with Crippen LogP contribution in [-0.4, -0.2) is 38.8 Å². The fourth-order valence-corrected chi connectivity index (χ4v) is 8.90. The van der Waals surface area contributed by atoms with Gasteiger partial charge in [-0.3, -0.25) is 0 Å². The van der Waals surface area contributed by atoms with E-state index in [1.807, 2.05) is 36.4 Å². The summed E-state index contributed by atoms with van der Waals surface area (Å²) < 4.78 is 20.8. The average molecular weight is 767 g/mol. The molecule has 2 aliphatic carbocycles. The highest BCUT2D eigenvalue weighted by Crippen LogP contribution is 2.51. The molecule has 0 saturated carbocycles. The van der Waals surface area contributed by atoms with Gasteiger partial charge in [0.05, 0.1) is 19.3 Å². The standard InChI is InChI=1S/C50H54O7/c1-2-33-52-53-35-16-4-3-15-34-51-41-27-29-42(30-28-41)57-54-36-50(39-19-7-5-8-20-39,40-21-9-6-10-22-40)49-55-45-31-25-37-17-11-13-23-43(37)47(45)48-44-24-14-12-18-38(44)26-32-46(48)56-49/h2,5-11,13,17,19-23,26-30,32,45,47,49H,1,3-4,12,14-16,18,24-25,31,33-36H2/t45-,47+,49?/m1/s1. The largest absolute Gasteiger partial charge is 0.494 e. The lowest BCUT2D eigenvalue weighted by atomic mass is 9.72. The summed E-state index contributed by atoms with van der Waals surface area (Å²) in [4.78, 5) is 22.5. The molecule has 7 heteroatoms. The second-order valence-corrected chi connectivity index (χ2v) is 15.3. The minimum absolute atomic E-state index is 0.0762. The topological polar surface area (TPSA) is 64.6 Å². The number of benzene rings is 5. The van der Waals surface area contributed by atoms with Gasteiger partial charge in [-0.1, -0.05) is 103 Å². The van der Waals surface area contributed by atoms with Crippen LogP contribution >= 0.6 is 0 Å². The molecule has 296 valence electrons. The van der Waals surface area contributed by atoms with E-state index in [1.165, 1.54) is 40.7 Å². The predicted octanol–water partition coefficient (Wildman–Crippen LogP) is 10.8. The molecule has 1 heterocycles. The summed E-state index contributed by atoms with van der Waals surface area (Å²) in [5.74, 6) is 2.35. The molecule has 1 aliphatic heterocycles. The number of aryl methyl sites for hydroxylation is 2. The lowest BCUT2D eigenvalue weighted by Gasteiger charge is -2.41. The maximum absolute atomic E-state index is 7.44. The van der Waals surface area contributed by atoms with Gasteiger partial charge in [0.25, 0.3) is 0 Å². The summed E-state index contributed by atoms with van der Waals surface area (Å²) >= 11 is 0. The zero-order valence-electron chi connectivity index (χ0n) is 32.8. The Morgan fingerprint density at radius 1 is 0.649 bits per heavy atom. The van der Waals surface area contributed by atoms with Gasteiger partial charge in [0, 0.05) is 11.5 Å². The Labute approximate surface area is 337 Å². The van der Waals surface area contributed by atoms with Crippen LogP contribution in [0, 0.1) is 0 Å². The molecule has 0 saturated heterocycles. The van der Waals surface area contributed by atoms with Crippen molar-refractivity contribution in [2.75, 3.05) is 26.4 Å². The SMILES string of the molecule is C=CCOOCCCCCCOc1ccc(OOCC(c2ccccc2)(c2ccccc2)C2Oc3ccc4c(c3[C@H]3c5ccccc5CC[C@H]3O2)CCCC4)cc1. The van der Waals surface area contributed by atoms with E-state index in [-0.39, 0.29) is 18.6 Å². The third kappa shape index (κ3) is 8.82. The van der Waals surface area contributed by atoms with Crippen LogP contribution in [0.5, 0.6) is 17.2 Å². The van der Waals surface area contributed by atoms with Gasteiger partial charge in [-0.25, -0.2) is 9.78 Å². The Kier molecular flexibility index (Phi) is 13.0. The van der Waals surface area contributed by atoms with E-state index >= 15 is 0 Å². The molecule has 1 unspecified atom stereocenters. The van der Waals surface area contributed by atoms with Crippen molar-refractivity contribution in [3.63, 3.8) is 0 Å². The van der Waals surface area contributed by atoms with Crippen molar-refractivity contribution in [3.05, 3.63) is 173 Å².